The molecule has 0 aliphatic carbocycles. The fourth-order valence-corrected chi connectivity index (χ4v) is 2.04. The van der Waals surface area contributed by atoms with E-state index in [1.54, 1.807) is 24.4 Å². The minimum atomic E-state index is -0.131. The summed E-state index contributed by atoms with van der Waals surface area (Å²) < 4.78 is 5.10. The first-order valence-corrected chi connectivity index (χ1v) is 7.47. The minimum Gasteiger partial charge on any atom is -0.383 e. The van der Waals surface area contributed by atoms with Crippen molar-refractivity contribution < 1.29 is 9.53 Å². The molecule has 0 bridgehead atoms. The van der Waals surface area contributed by atoms with Gasteiger partial charge in [-0.2, -0.15) is 0 Å². The van der Waals surface area contributed by atoms with Crippen molar-refractivity contribution in [3.05, 3.63) is 48.0 Å². The fraction of sp³-hybridized carbons (Fsp3) is 0.375. The molecule has 0 spiro atoms. The van der Waals surface area contributed by atoms with Gasteiger partial charge in [0.1, 0.15) is 0 Å². The van der Waals surface area contributed by atoms with Crippen molar-refractivity contribution in [1.82, 2.24) is 19.9 Å². The van der Waals surface area contributed by atoms with Crippen molar-refractivity contribution in [3.63, 3.8) is 0 Å². The van der Waals surface area contributed by atoms with Crippen LogP contribution in [0.5, 0.6) is 0 Å². The molecule has 0 atom stereocenters. The van der Waals surface area contributed by atoms with Crippen molar-refractivity contribution in [2.24, 2.45) is 0 Å². The number of anilines is 1. The highest BCUT2D eigenvalue weighted by Crippen LogP contribution is 2.09. The zero-order valence-corrected chi connectivity index (χ0v) is 13.4. The average molecular weight is 315 g/mol. The first-order chi connectivity index (χ1) is 11.2. The summed E-state index contributed by atoms with van der Waals surface area (Å²) in [5.74, 6) is 0.383. The van der Waals surface area contributed by atoms with Gasteiger partial charge in [0.25, 0.3) is 5.91 Å². The first-order valence-electron chi connectivity index (χ1n) is 7.47. The third kappa shape index (κ3) is 5.00. The molecule has 0 aliphatic heterocycles. The molecule has 0 saturated carbocycles. The van der Waals surface area contributed by atoms with E-state index in [1.165, 1.54) is 12.4 Å². The average Bonchev–Trinajstić information content (AvgIpc) is 2.60. The van der Waals surface area contributed by atoms with Gasteiger partial charge in [0.05, 0.1) is 12.2 Å². The Morgan fingerprint density at radius 2 is 2.09 bits per heavy atom. The van der Waals surface area contributed by atoms with E-state index in [9.17, 15) is 4.79 Å². The van der Waals surface area contributed by atoms with Crippen LogP contribution >= 0.6 is 0 Å². The highest BCUT2D eigenvalue weighted by atomic mass is 16.5. The van der Waals surface area contributed by atoms with Crippen LogP contribution in [-0.2, 0) is 11.3 Å². The Balaban J connectivity index is 2.11. The van der Waals surface area contributed by atoms with Crippen LogP contribution < -0.4 is 5.32 Å². The van der Waals surface area contributed by atoms with E-state index in [2.05, 4.69) is 20.3 Å². The lowest BCUT2D eigenvalue weighted by atomic mass is 10.2. The molecule has 122 valence electrons. The summed E-state index contributed by atoms with van der Waals surface area (Å²) in [5, 5.41) is 3.00. The molecule has 0 fully saturated rings. The number of hydrogen-bond donors (Lipinski definition) is 1. The van der Waals surface area contributed by atoms with Gasteiger partial charge in [0.2, 0.25) is 5.95 Å². The third-order valence-corrected chi connectivity index (χ3v) is 3.18. The molecule has 7 heteroatoms. The lowest BCUT2D eigenvalue weighted by Crippen LogP contribution is -2.33. The summed E-state index contributed by atoms with van der Waals surface area (Å²) in [5.41, 5.74) is 1.41. The standard InChI is InChI=1S/C16H21N5O2/c1-3-18-16-19-10-14(11-20-16)15(22)21(7-8-23-2)12-13-5-4-6-17-9-13/h4-6,9-11H,3,7-8,12H2,1-2H3,(H,18,19,20). The van der Waals surface area contributed by atoms with Gasteiger partial charge < -0.3 is 15.0 Å². The second-order valence-corrected chi connectivity index (χ2v) is 4.91. The van der Waals surface area contributed by atoms with Gasteiger partial charge in [0, 0.05) is 51.5 Å². The summed E-state index contributed by atoms with van der Waals surface area (Å²) in [6.45, 7) is 4.10. The second-order valence-electron chi connectivity index (χ2n) is 4.91. The van der Waals surface area contributed by atoms with Gasteiger partial charge in [-0.15, -0.1) is 0 Å². The largest absolute Gasteiger partial charge is 0.383 e. The van der Waals surface area contributed by atoms with Gasteiger partial charge in [0.15, 0.2) is 0 Å². The monoisotopic (exact) mass is 315 g/mol. The number of aromatic nitrogens is 3. The van der Waals surface area contributed by atoms with Crippen LogP contribution in [0.4, 0.5) is 5.95 Å². The van der Waals surface area contributed by atoms with Crippen molar-refractivity contribution in [1.29, 1.82) is 0 Å². The first kappa shape index (κ1) is 16.8. The van der Waals surface area contributed by atoms with Crippen LogP contribution in [0, 0.1) is 0 Å². The van der Waals surface area contributed by atoms with Gasteiger partial charge in [-0.05, 0) is 18.6 Å². The highest BCUT2D eigenvalue weighted by molar-refractivity contribution is 5.93. The lowest BCUT2D eigenvalue weighted by molar-refractivity contribution is 0.0679. The van der Waals surface area contributed by atoms with E-state index >= 15 is 0 Å². The maximum Gasteiger partial charge on any atom is 0.257 e. The molecule has 0 radical (unpaired) electrons. The van der Waals surface area contributed by atoms with Crippen LogP contribution in [0.25, 0.3) is 0 Å². The Bertz CT molecular complexity index is 604. The Morgan fingerprint density at radius 3 is 2.70 bits per heavy atom. The summed E-state index contributed by atoms with van der Waals surface area (Å²) >= 11 is 0. The van der Waals surface area contributed by atoms with Gasteiger partial charge in [-0.3, -0.25) is 9.78 Å². The van der Waals surface area contributed by atoms with Crippen LogP contribution in [0.1, 0.15) is 22.8 Å². The lowest BCUT2D eigenvalue weighted by Gasteiger charge is -2.22. The molecule has 2 heterocycles. The molecule has 1 N–H and O–H groups in total. The predicted molar refractivity (Wildman–Crippen MR) is 87.0 cm³/mol. The van der Waals surface area contributed by atoms with Crippen LogP contribution in [-0.4, -0.2) is 52.6 Å². The molecule has 2 rings (SSSR count). The van der Waals surface area contributed by atoms with E-state index in [4.69, 9.17) is 4.74 Å². The number of nitrogens with one attached hydrogen (secondary N) is 1. The number of pyridine rings is 1. The Morgan fingerprint density at radius 1 is 1.30 bits per heavy atom. The Hall–Kier alpha value is -2.54. The maximum absolute atomic E-state index is 12.7. The maximum atomic E-state index is 12.7. The van der Waals surface area contributed by atoms with E-state index < -0.39 is 0 Å². The zero-order valence-electron chi connectivity index (χ0n) is 13.4. The second kappa shape index (κ2) is 8.79. The van der Waals surface area contributed by atoms with Crippen LogP contribution in [0.15, 0.2) is 36.9 Å². The van der Waals surface area contributed by atoms with E-state index in [-0.39, 0.29) is 5.91 Å². The SMILES string of the molecule is CCNc1ncc(C(=O)N(CCOC)Cc2cccnc2)cn1. The number of ether oxygens (including phenoxy) is 1. The molecular formula is C16H21N5O2. The summed E-state index contributed by atoms with van der Waals surface area (Å²) in [4.78, 5) is 26.7. The number of methoxy groups -OCH3 is 1. The molecular weight excluding hydrogens is 294 g/mol. The number of carbonyl (C=O) groups is 1. The topological polar surface area (TPSA) is 80.2 Å². The van der Waals surface area contributed by atoms with Crippen molar-refractivity contribution in [3.8, 4) is 0 Å². The summed E-state index contributed by atoms with van der Waals surface area (Å²) in [7, 11) is 1.61. The zero-order chi connectivity index (χ0) is 16.5. The van der Waals surface area contributed by atoms with Crippen molar-refractivity contribution in [2.45, 2.75) is 13.5 Å². The third-order valence-electron chi connectivity index (χ3n) is 3.18. The van der Waals surface area contributed by atoms with Gasteiger partial charge in [-0.1, -0.05) is 6.07 Å². The number of amides is 1. The molecule has 0 unspecified atom stereocenters. The van der Waals surface area contributed by atoms with Gasteiger partial charge >= 0.3 is 0 Å². The molecule has 23 heavy (non-hydrogen) atoms. The van der Waals surface area contributed by atoms with Crippen molar-refractivity contribution in [2.75, 3.05) is 32.1 Å². The number of hydrogen-bond acceptors (Lipinski definition) is 6. The predicted octanol–water partition coefficient (Wildman–Crippen LogP) is 1.59. The Labute approximate surface area is 135 Å². The van der Waals surface area contributed by atoms with E-state index in [1.807, 2.05) is 19.1 Å². The molecule has 0 saturated heterocycles. The summed E-state index contributed by atoms with van der Waals surface area (Å²) in [6, 6.07) is 3.79. The molecule has 7 nitrogen and oxygen atoms in total. The highest BCUT2D eigenvalue weighted by Gasteiger charge is 2.17. The normalized spacial score (nSPS) is 10.3. The van der Waals surface area contributed by atoms with Crippen LogP contribution in [0.3, 0.4) is 0 Å². The number of rotatable bonds is 8. The summed E-state index contributed by atoms with van der Waals surface area (Å²) in [6.07, 6.45) is 6.53. The molecule has 2 aromatic rings. The van der Waals surface area contributed by atoms with Crippen LogP contribution in [0.2, 0.25) is 0 Å². The minimum absolute atomic E-state index is 0.131. The number of carbonyl (C=O) groups excluding carboxylic acids is 1. The molecule has 2 aromatic heterocycles. The molecule has 0 aromatic carbocycles. The Kier molecular flexibility index (Phi) is 6.43. The molecule has 0 aliphatic rings. The smallest absolute Gasteiger partial charge is 0.257 e. The quantitative estimate of drug-likeness (QED) is 0.797. The molecule has 1 amide bonds. The van der Waals surface area contributed by atoms with Gasteiger partial charge in [-0.25, -0.2) is 9.97 Å². The van der Waals surface area contributed by atoms with E-state index in [0.717, 1.165) is 12.1 Å². The van der Waals surface area contributed by atoms with E-state index in [0.29, 0.717) is 31.2 Å². The number of nitrogens with zero attached hydrogens (tertiary/aromatic N) is 4. The fourth-order valence-electron chi connectivity index (χ4n) is 2.04. The van der Waals surface area contributed by atoms with Crippen molar-refractivity contribution >= 4 is 11.9 Å².